The highest BCUT2D eigenvalue weighted by Gasteiger charge is 2.22. The summed E-state index contributed by atoms with van der Waals surface area (Å²) in [4.78, 5) is 21.5. The van der Waals surface area contributed by atoms with E-state index in [4.69, 9.17) is 0 Å². The van der Waals surface area contributed by atoms with Crippen molar-refractivity contribution < 1.29 is 4.79 Å². The average Bonchev–Trinajstić information content (AvgIpc) is 2.81. The van der Waals surface area contributed by atoms with Crippen LogP contribution in [0.25, 0.3) is 0 Å². The Hall–Kier alpha value is -1.15. The van der Waals surface area contributed by atoms with Crippen molar-refractivity contribution >= 4 is 45.0 Å². The van der Waals surface area contributed by atoms with Crippen LogP contribution in [-0.4, -0.2) is 42.0 Å². The minimum atomic E-state index is 0.141. The summed E-state index contributed by atoms with van der Waals surface area (Å²) in [6.45, 7) is 5.39. The third kappa shape index (κ3) is 3.43. The minimum Gasteiger partial charge on any atom is -0.346 e. The number of aryl methyl sites for hydroxylation is 1. The molecule has 0 atom stereocenters. The number of hydrogen-bond acceptors (Lipinski definition) is 4. The number of hydrogen-bond donors (Lipinski definition) is 0. The van der Waals surface area contributed by atoms with E-state index >= 15 is 0 Å². The van der Waals surface area contributed by atoms with Crippen LogP contribution in [0.4, 0.5) is 5.13 Å². The zero-order valence-electron chi connectivity index (χ0n) is 12.5. The predicted molar refractivity (Wildman–Crippen MR) is 98.7 cm³/mol. The Morgan fingerprint density at radius 3 is 2.77 bits per heavy atom. The summed E-state index contributed by atoms with van der Waals surface area (Å²) in [5.41, 5.74) is 1.87. The molecule has 0 N–H and O–H groups in total. The molecule has 1 aromatic carbocycles. The molecule has 4 nitrogen and oxygen atoms in total. The third-order valence-electron chi connectivity index (χ3n) is 3.76. The second-order valence-corrected chi connectivity index (χ2v) is 7.38. The lowest BCUT2D eigenvalue weighted by atomic mass is 10.2. The van der Waals surface area contributed by atoms with Gasteiger partial charge in [-0.25, -0.2) is 4.98 Å². The highest BCUT2D eigenvalue weighted by molar-refractivity contribution is 14.1. The highest BCUT2D eigenvalue weighted by Crippen LogP contribution is 2.22. The van der Waals surface area contributed by atoms with Crippen LogP contribution in [0.5, 0.6) is 0 Å². The molecule has 116 valence electrons. The number of halogens is 1. The molecule has 0 saturated carbocycles. The first-order chi connectivity index (χ1) is 10.6. The van der Waals surface area contributed by atoms with Crippen LogP contribution in [0.1, 0.15) is 22.5 Å². The lowest BCUT2D eigenvalue weighted by molar-refractivity contribution is 0.0766. The van der Waals surface area contributed by atoms with Crippen molar-refractivity contribution in [2.45, 2.75) is 13.3 Å². The lowest BCUT2D eigenvalue weighted by Gasteiger charge is -2.22. The predicted octanol–water partition coefficient (Wildman–Crippen LogP) is 3.41. The fourth-order valence-corrected chi connectivity index (χ4v) is 4.08. The molecular formula is C16H18IN3OS. The van der Waals surface area contributed by atoms with Gasteiger partial charge in [-0.2, -0.15) is 0 Å². The fraction of sp³-hybridized carbons (Fsp3) is 0.375. The number of anilines is 1. The van der Waals surface area contributed by atoms with E-state index < -0.39 is 0 Å². The number of thiazole rings is 1. The lowest BCUT2D eigenvalue weighted by Crippen LogP contribution is -2.35. The van der Waals surface area contributed by atoms with Crippen molar-refractivity contribution in [2.24, 2.45) is 0 Å². The van der Waals surface area contributed by atoms with Gasteiger partial charge in [0, 0.05) is 35.1 Å². The molecule has 0 radical (unpaired) electrons. The summed E-state index contributed by atoms with van der Waals surface area (Å²) < 4.78 is 1.02. The van der Waals surface area contributed by atoms with Gasteiger partial charge in [0.05, 0.1) is 11.3 Å². The summed E-state index contributed by atoms with van der Waals surface area (Å²) in [6.07, 6.45) is 0.980. The summed E-state index contributed by atoms with van der Waals surface area (Å²) in [7, 11) is 0. The largest absolute Gasteiger partial charge is 0.346 e. The molecule has 0 aliphatic carbocycles. The molecule has 1 aliphatic heterocycles. The number of carbonyl (C=O) groups is 1. The molecule has 1 aromatic heterocycles. The number of aromatic nitrogens is 1. The molecule has 1 saturated heterocycles. The minimum absolute atomic E-state index is 0.141. The maximum Gasteiger partial charge on any atom is 0.254 e. The summed E-state index contributed by atoms with van der Waals surface area (Å²) in [6, 6.07) is 7.79. The van der Waals surface area contributed by atoms with Gasteiger partial charge in [-0.15, -0.1) is 11.3 Å². The Morgan fingerprint density at radius 1 is 1.23 bits per heavy atom. The molecule has 0 spiro atoms. The second-order valence-electron chi connectivity index (χ2n) is 5.38. The topological polar surface area (TPSA) is 36.4 Å². The Kier molecular flexibility index (Phi) is 4.97. The standard InChI is InChI=1S/C16H18IN3OS/c1-12-11-22-16(18-12)20-8-4-7-19(9-10-20)15(21)13-5-2-3-6-14(13)17/h2-3,5-6,11H,4,7-10H2,1H3. The van der Waals surface area contributed by atoms with Crippen molar-refractivity contribution in [1.82, 2.24) is 9.88 Å². The molecular weight excluding hydrogens is 409 g/mol. The number of carbonyl (C=O) groups excluding carboxylic acids is 1. The van der Waals surface area contributed by atoms with Gasteiger partial charge >= 0.3 is 0 Å². The van der Waals surface area contributed by atoms with E-state index in [0.717, 1.165) is 52.6 Å². The number of nitrogens with zero attached hydrogens (tertiary/aromatic N) is 3. The summed E-state index contributed by atoms with van der Waals surface area (Å²) in [5, 5.41) is 3.15. The molecule has 22 heavy (non-hydrogen) atoms. The number of rotatable bonds is 2. The maximum absolute atomic E-state index is 12.7. The van der Waals surface area contributed by atoms with Gasteiger partial charge in [0.1, 0.15) is 0 Å². The molecule has 0 bridgehead atoms. The molecule has 1 amide bonds. The van der Waals surface area contributed by atoms with Crippen molar-refractivity contribution in [2.75, 3.05) is 31.1 Å². The van der Waals surface area contributed by atoms with Gasteiger partial charge in [-0.3, -0.25) is 4.79 Å². The molecule has 2 aromatic rings. The first kappa shape index (κ1) is 15.7. The SMILES string of the molecule is Cc1csc(N2CCCN(C(=O)c3ccccc3I)CC2)n1. The van der Waals surface area contributed by atoms with Crippen molar-refractivity contribution in [3.05, 3.63) is 44.5 Å². The Labute approximate surface area is 148 Å². The Bertz CT molecular complexity index is 673. The van der Waals surface area contributed by atoms with E-state index in [1.807, 2.05) is 36.1 Å². The van der Waals surface area contributed by atoms with Crippen molar-refractivity contribution in [3.8, 4) is 0 Å². The van der Waals surface area contributed by atoms with E-state index in [1.165, 1.54) is 0 Å². The van der Waals surface area contributed by atoms with Crippen LogP contribution in [0, 0.1) is 10.5 Å². The van der Waals surface area contributed by atoms with Gasteiger partial charge < -0.3 is 9.80 Å². The summed E-state index contributed by atoms with van der Waals surface area (Å²) >= 11 is 3.92. The van der Waals surface area contributed by atoms with E-state index in [2.05, 4.69) is 37.9 Å². The third-order valence-corrected chi connectivity index (χ3v) is 5.72. The normalized spacial score (nSPS) is 15.7. The smallest absolute Gasteiger partial charge is 0.254 e. The number of amides is 1. The first-order valence-corrected chi connectivity index (χ1v) is 9.32. The molecule has 3 rings (SSSR count). The van der Waals surface area contributed by atoms with E-state index in [-0.39, 0.29) is 5.91 Å². The van der Waals surface area contributed by atoms with Gasteiger partial charge in [0.2, 0.25) is 0 Å². The quantitative estimate of drug-likeness (QED) is 0.690. The van der Waals surface area contributed by atoms with Crippen LogP contribution >= 0.6 is 33.9 Å². The van der Waals surface area contributed by atoms with Gasteiger partial charge in [-0.05, 0) is 48.1 Å². The highest BCUT2D eigenvalue weighted by atomic mass is 127. The molecule has 6 heteroatoms. The Balaban J connectivity index is 1.70. The van der Waals surface area contributed by atoms with Crippen LogP contribution in [0.3, 0.4) is 0 Å². The van der Waals surface area contributed by atoms with Gasteiger partial charge in [0.15, 0.2) is 5.13 Å². The van der Waals surface area contributed by atoms with Crippen LogP contribution in [-0.2, 0) is 0 Å². The molecule has 1 fully saturated rings. The van der Waals surface area contributed by atoms with Crippen LogP contribution < -0.4 is 4.90 Å². The first-order valence-electron chi connectivity index (χ1n) is 7.36. The van der Waals surface area contributed by atoms with Gasteiger partial charge in [-0.1, -0.05) is 12.1 Å². The van der Waals surface area contributed by atoms with E-state index in [0.29, 0.717) is 0 Å². The zero-order valence-corrected chi connectivity index (χ0v) is 15.4. The van der Waals surface area contributed by atoms with Crippen LogP contribution in [0.15, 0.2) is 29.6 Å². The fourth-order valence-electron chi connectivity index (χ4n) is 2.60. The van der Waals surface area contributed by atoms with Crippen molar-refractivity contribution in [3.63, 3.8) is 0 Å². The molecule has 2 heterocycles. The molecule has 0 unspecified atom stereocenters. The maximum atomic E-state index is 12.7. The second kappa shape index (κ2) is 6.95. The zero-order chi connectivity index (χ0) is 15.5. The molecule has 1 aliphatic rings. The van der Waals surface area contributed by atoms with Crippen molar-refractivity contribution in [1.29, 1.82) is 0 Å². The van der Waals surface area contributed by atoms with Crippen LogP contribution in [0.2, 0.25) is 0 Å². The Morgan fingerprint density at radius 2 is 2.05 bits per heavy atom. The van der Waals surface area contributed by atoms with Gasteiger partial charge in [0.25, 0.3) is 5.91 Å². The average molecular weight is 427 g/mol. The number of benzene rings is 1. The summed E-state index contributed by atoms with van der Waals surface area (Å²) in [5.74, 6) is 0.141. The van der Waals surface area contributed by atoms with E-state index in [1.54, 1.807) is 11.3 Å². The monoisotopic (exact) mass is 427 g/mol. The van der Waals surface area contributed by atoms with E-state index in [9.17, 15) is 4.79 Å².